The maximum atomic E-state index is 5.84. The van der Waals surface area contributed by atoms with Crippen molar-refractivity contribution in [3.05, 3.63) is 35.9 Å². The molecule has 0 bridgehead atoms. The number of ether oxygens (including phenoxy) is 1. The molecule has 4 aliphatic rings. The van der Waals surface area contributed by atoms with Crippen molar-refractivity contribution in [3.8, 4) is 0 Å². The second kappa shape index (κ2) is 9.65. The maximum absolute atomic E-state index is 5.84. The molecule has 1 aromatic rings. The highest BCUT2D eigenvalue weighted by molar-refractivity contribution is 5.15. The topological polar surface area (TPSA) is 21.3 Å². The van der Waals surface area contributed by atoms with E-state index >= 15 is 0 Å². The van der Waals surface area contributed by atoms with Gasteiger partial charge in [-0.1, -0.05) is 44.2 Å². The van der Waals surface area contributed by atoms with Gasteiger partial charge in [-0.2, -0.15) is 0 Å². The van der Waals surface area contributed by atoms with Crippen LogP contribution in [0.3, 0.4) is 0 Å². The number of rotatable bonds is 7. The van der Waals surface area contributed by atoms with Crippen LogP contribution in [0.5, 0.6) is 0 Å². The molecule has 9 atom stereocenters. The summed E-state index contributed by atoms with van der Waals surface area (Å²) < 4.78 is 5.84. The average Bonchev–Trinajstić information content (AvgIpc) is 3.19. The minimum absolute atomic E-state index is 0.541. The molecule has 4 aliphatic carbocycles. The van der Waals surface area contributed by atoms with Gasteiger partial charge in [-0.05, 0) is 124 Å². The van der Waals surface area contributed by atoms with Crippen LogP contribution < -0.4 is 5.32 Å². The lowest BCUT2D eigenvalue weighted by Gasteiger charge is -2.61. The SMILES string of the molecule is CCOCC1CCC2(C)C(CCC3C2CCC2(C)C3CC[C@@H]2C(C)NCc2ccccc2)C1. The highest BCUT2D eigenvalue weighted by atomic mass is 16.5. The third kappa shape index (κ3) is 4.33. The normalized spacial score (nSPS) is 43.4. The van der Waals surface area contributed by atoms with Crippen LogP contribution in [0.1, 0.15) is 91.0 Å². The maximum Gasteiger partial charge on any atom is 0.0494 e. The van der Waals surface area contributed by atoms with Crippen LogP contribution in [0, 0.1) is 46.3 Å². The first-order valence-electron chi connectivity index (χ1n) is 14.3. The van der Waals surface area contributed by atoms with Gasteiger partial charge in [0.15, 0.2) is 0 Å². The lowest BCUT2D eigenvalue weighted by atomic mass is 9.44. The van der Waals surface area contributed by atoms with Gasteiger partial charge in [0.05, 0.1) is 0 Å². The molecule has 0 radical (unpaired) electrons. The molecule has 4 saturated carbocycles. The van der Waals surface area contributed by atoms with E-state index in [4.69, 9.17) is 4.74 Å². The molecule has 184 valence electrons. The zero-order chi connectivity index (χ0) is 23.1. The van der Waals surface area contributed by atoms with Crippen LogP contribution in [-0.4, -0.2) is 19.3 Å². The van der Waals surface area contributed by atoms with Gasteiger partial charge in [-0.3, -0.25) is 0 Å². The fraction of sp³-hybridized carbons (Fsp3) is 0.806. The van der Waals surface area contributed by atoms with Crippen molar-refractivity contribution in [1.29, 1.82) is 0 Å². The van der Waals surface area contributed by atoms with Crippen molar-refractivity contribution in [2.24, 2.45) is 46.3 Å². The molecule has 2 heteroatoms. The highest BCUT2D eigenvalue weighted by Gasteiger charge is 2.60. The van der Waals surface area contributed by atoms with Crippen molar-refractivity contribution in [1.82, 2.24) is 5.32 Å². The van der Waals surface area contributed by atoms with E-state index in [2.05, 4.69) is 63.3 Å². The second-order valence-corrected chi connectivity index (χ2v) is 12.8. The largest absolute Gasteiger partial charge is 0.381 e. The lowest BCUT2D eigenvalue weighted by molar-refractivity contribution is -0.123. The van der Waals surface area contributed by atoms with Gasteiger partial charge in [0.25, 0.3) is 0 Å². The Labute approximate surface area is 203 Å². The first-order valence-corrected chi connectivity index (χ1v) is 14.3. The molecule has 4 fully saturated rings. The summed E-state index contributed by atoms with van der Waals surface area (Å²) in [5.74, 6) is 5.53. The molecular weight excluding hydrogens is 402 g/mol. The third-order valence-corrected chi connectivity index (χ3v) is 11.5. The van der Waals surface area contributed by atoms with E-state index in [0.717, 1.165) is 55.3 Å². The summed E-state index contributed by atoms with van der Waals surface area (Å²) in [6, 6.07) is 11.6. The Morgan fingerprint density at radius 1 is 0.939 bits per heavy atom. The van der Waals surface area contributed by atoms with Gasteiger partial charge >= 0.3 is 0 Å². The summed E-state index contributed by atoms with van der Waals surface area (Å²) in [5, 5.41) is 3.93. The van der Waals surface area contributed by atoms with E-state index in [1.807, 2.05) is 0 Å². The molecule has 0 saturated heterocycles. The number of hydrogen-bond acceptors (Lipinski definition) is 2. The monoisotopic (exact) mass is 451 g/mol. The number of nitrogens with one attached hydrogen (secondary N) is 1. The van der Waals surface area contributed by atoms with Crippen molar-refractivity contribution >= 4 is 0 Å². The lowest BCUT2D eigenvalue weighted by Crippen LogP contribution is -2.54. The molecule has 8 unspecified atom stereocenters. The van der Waals surface area contributed by atoms with Crippen LogP contribution in [-0.2, 0) is 11.3 Å². The van der Waals surface area contributed by atoms with Crippen LogP contribution in [0.2, 0.25) is 0 Å². The van der Waals surface area contributed by atoms with E-state index in [1.165, 1.54) is 63.4 Å². The zero-order valence-electron chi connectivity index (χ0n) is 21.8. The van der Waals surface area contributed by atoms with Crippen LogP contribution in [0.25, 0.3) is 0 Å². The van der Waals surface area contributed by atoms with Crippen molar-refractivity contribution in [3.63, 3.8) is 0 Å². The van der Waals surface area contributed by atoms with E-state index in [1.54, 1.807) is 0 Å². The van der Waals surface area contributed by atoms with E-state index in [0.29, 0.717) is 16.9 Å². The summed E-state index contributed by atoms with van der Waals surface area (Å²) in [4.78, 5) is 0. The van der Waals surface area contributed by atoms with Gasteiger partial charge in [0, 0.05) is 25.8 Å². The Morgan fingerprint density at radius 2 is 1.70 bits per heavy atom. The molecule has 2 nitrogen and oxygen atoms in total. The minimum atomic E-state index is 0.541. The van der Waals surface area contributed by atoms with E-state index < -0.39 is 0 Å². The number of benzene rings is 1. The van der Waals surface area contributed by atoms with Crippen LogP contribution in [0.4, 0.5) is 0 Å². The predicted octanol–water partition coefficient (Wildman–Crippen LogP) is 7.48. The summed E-state index contributed by atoms with van der Waals surface area (Å²) in [7, 11) is 0. The minimum Gasteiger partial charge on any atom is -0.381 e. The molecule has 1 aromatic carbocycles. The quantitative estimate of drug-likeness (QED) is 0.464. The van der Waals surface area contributed by atoms with E-state index in [-0.39, 0.29) is 0 Å². The highest BCUT2D eigenvalue weighted by Crippen LogP contribution is 2.68. The fourth-order valence-corrected chi connectivity index (χ4v) is 9.66. The molecule has 0 heterocycles. The summed E-state index contributed by atoms with van der Waals surface area (Å²) >= 11 is 0. The molecule has 0 amide bonds. The van der Waals surface area contributed by atoms with E-state index in [9.17, 15) is 0 Å². The van der Waals surface area contributed by atoms with Crippen molar-refractivity contribution in [2.45, 2.75) is 98.1 Å². The smallest absolute Gasteiger partial charge is 0.0494 e. The van der Waals surface area contributed by atoms with Crippen molar-refractivity contribution < 1.29 is 4.74 Å². The van der Waals surface area contributed by atoms with Crippen LogP contribution in [0.15, 0.2) is 30.3 Å². The van der Waals surface area contributed by atoms with Gasteiger partial charge in [0.2, 0.25) is 0 Å². The Balaban J connectivity index is 1.25. The van der Waals surface area contributed by atoms with Gasteiger partial charge in [0.1, 0.15) is 0 Å². The predicted molar refractivity (Wildman–Crippen MR) is 138 cm³/mol. The van der Waals surface area contributed by atoms with Crippen LogP contribution >= 0.6 is 0 Å². The Morgan fingerprint density at radius 3 is 2.48 bits per heavy atom. The molecule has 33 heavy (non-hydrogen) atoms. The third-order valence-electron chi connectivity index (χ3n) is 11.5. The van der Waals surface area contributed by atoms with Gasteiger partial charge in [-0.15, -0.1) is 0 Å². The Hall–Kier alpha value is -0.860. The average molecular weight is 452 g/mol. The molecule has 0 spiro atoms. The first kappa shape index (κ1) is 23.9. The molecule has 5 rings (SSSR count). The Bertz CT molecular complexity index is 778. The molecule has 0 aliphatic heterocycles. The van der Waals surface area contributed by atoms with Crippen molar-refractivity contribution in [2.75, 3.05) is 13.2 Å². The molecule has 1 N–H and O–H groups in total. The first-order chi connectivity index (χ1) is 16.0. The molecular formula is C31H49NO. The number of fused-ring (bicyclic) bond motifs is 5. The summed E-state index contributed by atoms with van der Waals surface area (Å²) in [5.41, 5.74) is 2.56. The Kier molecular flexibility index (Phi) is 6.98. The van der Waals surface area contributed by atoms with Gasteiger partial charge in [-0.25, -0.2) is 0 Å². The number of hydrogen-bond donors (Lipinski definition) is 1. The fourth-order valence-electron chi connectivity index (χ4n) is 9.66. The second-order valence-electron chi connectivity index (χ2n) is 12.8. The summed E-state index contributed by atoms with van der Waals surface area (Å²) in [6.45, 7) is 12.9. The standard InChI is InChI=1S/C31H49NO/c1-5-33-21-24-15-17-30(3)25(19-24)11-12-26-28-14-13-27(31(28,4)18-16-29(26)30)22(2)32-20-23-9-7-6-8-10-23/h6-10,22,24-29,32H,5,11-21H2,1-4H3/t22?,24?,25?,26?,27-,28?,29?,30?,31?/m1/s1. The molecule has 0 aromatic heterocycles. The zero-order valence-corrected chi connectivity index (χ0v) is 21.8. The summed E-state index contributed by atoms with van der Waals surface area (Å²) in [6.07, 6.45) is 13.2. The van der Waals surface area contributed by atoms with Gasteiger partial charge < -0.3 is 10.1 Å².